The molecule has 0 spiro atoms. The van der Waals surface area contributed by atoms with Crippen molar-refractivity contribution < 1.29 is 9.52 Å². The number of aromatic nitrogens is 4. The Bertz CT molecular complexity index is 1410. The maximum atomic E-state index is 10.3. The van der Waals surface area contributed by atoms with Crippen LogP contribution in [0.5, 0.6) is 5.75 Å². The molecule has 0 bridgehead atoms. The summed E-state index contributed by atoms with van der Waals surface area (Å²) in [5.41, 5.74) is 2.90. The molecule has 2 N–H and O–H groups in total. The number of nitrogens with one attached hydrogen (secondary N) is 1. The zero-order valence-electron chi connectivity index (χ0n) is 17.6. The number of thioether (sulfide) groups is 1. The number of oxazole rings is 1. The van der Waals surface area contributed by atoms with Gasteiger partial charge >= 0.3 is 6.01 Å². The summed E-state index contributed by atoms with van der Waals surface area (Å²) in [6.07, 6.45) is 5.77. The van der Waals surface area contributed by atoms with Crippen molar-refractivity contribution >= 4 is 47.0 Å². The number of anilines is 2. The number of benzene rings is 3. The molecule has 2 heterocycles. The van der Waals surface area contributed by atoms with E-state index in [4.69, 9.17) is 4.42 Å². The minimum absolute atomic E-state index is 0.0825. The lowest BCUT2D eigenvalue weighted by Gasteiger charge is -2.07. The van der Waals surface area contributed by atoms with Crippen LogP contribution in [0.3, 0.4) is 0 Å². The van der Waals surface area contributed by atoms with Crippen LogP contribution in [0.1, 0.15) is 11.4 Å². The first-order valence-electron chi connectivity index (χ1n) is 10.2. The highest BCUT2D eigenvalue weighted by molar-refractivity contribution is 7.98. The van der Waals surface area contributed by atoms with Gasteiger partial charge in [0.25, 0.3) is 0 Å². The van der Waals surface area contributed by atoms with Gasteiger partial charge in [0.2, 0.25) is 5.95 Å². The molecule has 0 aliphatic rings. The summed E-state index contributed by atoms with van der Waals surface area (Å²) >= 11 is 1.69. The van der Waals surface area contributed by atoms with Gasteiger partial charge in [0.05, 0.1) is 5.56 Å². The highest BCUT2D eigenvalue weighted by Gasteiger charge is 2.13. The minimum atomic E-state index is 0.0825. The Balaban J connectivity index is 1.52. The predicted molar refractivity (Wildman–Crippen MR) is 131 cm³/mol. The van der Waals surface area contributed by atoms with Crippen LogP contribution in [0.2, 0.25) is 0 Å². The molecule has 0 amide bonds. The summed E-state index contributed by atoms with van der Waals surface area (Å²) < 4.78 is 5.74. The average molecular weight is 454 g/mol. The van der Waals surface area contributed by atoms with Crippen LogP contribution < -0.4 is 5.32 Å². The fourth-order valence-corrected chi connectivity index (χ4v) is 3.62. The highest BCUT2D eigenvalue weighted by atomic mass is 32.2. The second-order valence-electron chi connectivity index (χ2n) is 7.08. The van der Waals surface area contributed by atoms with Crippen molar-refractivity contribution in [3.05, 3.63) is 84.2 Å². The molecule has 0 saturated heterocycles. The Morgan fingerprint density at radius 2 is 1.64 bits per heavy atom. The first-order valence-corrected chi connectivity index (χ1v) is 11.4. The third kappa shape index (κ3) is 4.70. The number of hydrogen-bond acceptors (Lipinski definition) is 8. The lowest BCUT2D eigenvalue weighted by Crippen LogP contribution is -2.03. The van der Waals surface area contributed by atoms with Crippen molar-refractivity contribution in [2.45, 2.75) is 4.90 Å². The molecule has 0 unspecified atom stereocenters. The Morgan fingerprint density at radius 1 is 0.848 bits per heavy atom. The number of para-hydroxylation sites is 3. The Kier molecular flexibility index (Phi) is 5.73. The molecule has 0 aliphatic heterocycles. The van der Waals surface area contributed by atoms with E-state index in [0.29, 0.717) is 22.8 Å². The Morgan fingerprint density at radius 3 is 2.42 bits per heavy atom. The number of nitrogens with zero attached hydrogens (tertiary/aromatic N) is 4. The van der Waals surface area contributed by atoms with Crippen molar-refractivity contribution in [3.8, 4) is 17.1 Å². The van der Waals surface area contributed by atoms with Crippen molar-refractivity contribution in [2.75, 3.05) is 11.6 Å². The molecule has 162 valence electrons. The van der Waals surface area contributed by atoms with Gasteiger partial charge in [-0.05, 0) is 54.3 Å². The average Bonchev–Trinajstić information content (AvgIpc) is 3.25. The van der Waals surface area contributed by atoms with Gasteiger partial charge in [0.15, 0.2) is 17.2 Å². The topological polar surface area (TPSA) is 97.0 Å². The Labute approximate surface area is 194 Å². The molecule has 0 fully saturated rings. The number of phenols is 1. The summed E-state index contributed by atoms with van der Waals surface area (Å²) in [5, 5.41) is 13.3. The smallest absolute Gasteiger partial charge is 0.302 e. The molecular weight excluding hydrogens is 434 g/mol. The standard InChI is InChI=1S/C25H19N5O2S/c1-33-17-13-10-16(11-14-17)12-15-22-27-23(18-6-2-4-8-20(18)31)29-24(28-22)30-25-26-19-7-3-5-9-21(19)32-25/h2-15,31H,1H3,(H,26,27,28,29,30)/b15-12+. The van der Waals surface area contributed by atoms with Gasteiger partial charge in [-0.25, -0.2) is 4.98 Å². The monoisotopic (exact) mass is 453 g/mol. The summed E-state index contributed by atoms with van der Waals surface area (Å²) in [6.45, 7) is 0. The van der Waals surface area contributed by atoms with Crippen LogP contribution in [-0.4, -0.2) is 31.3 Å². The fraction of sp³-hybridized carbons (Fsp3) is 0.0400. The van der Waals surface area contributed by atoms with Gasteiger partial charge in [-0.15, -0.1) is 11.8 Å². The Hall–Kier alpha value is -4.17. The van der Waals surface area contributed by atoms with Crippen molar-refractivity contribution in [3.63, 3.8) is 0 Å². The number of rotatable bonds is 6. The van der Waals surface area contributed by atoms with E-state index in [-0.39, 0.29) is 17.7 Å². The highest BCUT2D eigenvalue weighted by Crippen LogP contribution is 2.27. The van der Waals surface area contributed by atoms with Crippen LogP contribution in [0, 0.1) is 0 Å². The zero-order valence-corrected chi connectivity index (χ0v) is 18.5. The van der Waals surface area contributed by atoms with Crippen molar-refractivity contribution in [2.24, 2.45) is 0 Å². The van der Waals surface area contributed by atoms with Crippen LogP contribution in [-0.2, 0) is 0 Å². The molecule has 0 aliphatic carbocycles. The number of aromatic hydroxyl groups is 1. The lowest BCUT2D eigenvalue weighted by molar-refractivity contribution is 0.477. The third-order valence-corrected chi connectivity index (χ3v) is 5.59. The van der Waals surface area contributed by atoms with Gasteiger partial charge in [-0.3, -0.25) is 5.32 Å². The first kappa shape index (κ1) is 20.7. The molecular formula is C25H19N5O2S. The predicted octanol–water partition coefficient (Wildman–Crippen LogP) is 6.02. The zero-order chi connectivity index (χ0) is 22.6. The second kappa shape index (κ2) is 9.13. The summed E-state index contributed by atoms with van der Waals surface area (Å²) in [7, 11) is 0. The lowest BCUT2D eigenvalue weighted by atomic mass is 10.2. The molecule has 8 heteroatoms. The van der Waals surface area contributed by atoms with E-state index < -0.39 is 0 Å². The normalized spacial score (nSPS) is 11.3. The van der Waals surface area contributed by atoms with Crippen LogP contribution >= 0.6 is 11.8 Å². The van der Waals surface area contributed by atoms with Crippen LogP contribution in [0.15, 0.2) is 82.1 Å². The van der Waals surface area contributed by atoms with Crippen LogP contribution in [0.4, 0.5) is 12.0 Å². The van der Waals surface area contributed by atoms with Gasteiger partial charge in [0, 0.05) is 4.90 Å². The third-order valence-electron chi connectivity index (χ3n) is 4.85. The quantitative estimate of drug-likeness (QED) is 0.301. The van der Waals surface area contributed by atoms with E-state index in [1.807, 2.05) is 54.8 Å². The second-order valence-corrected chi connectivity index (χ2v) is 7.96. The number of hydrogen-bond donors (Lipinski definition) is 2. The van der Waals surface area contributed by atoms with E-state index in [1.165, 1.54) is 4.90 Å². The maximum Gasteiger partial charge on any atom is 0.302 e. The van der Waals surface area contributed by atoms with Crippen LogP contribution in [0.25, 0.3) is 34.6 Å². The molecule has 0 saturated carbocycles. The molecule has 0 radical (unpaired) electrons. The van der Waals surface area contributed by atoms with Crippen molar-refractivity contribution in [1.29, 1.82) is 0 Å². The van der Waals surface area contributed by atoms with Gasteiger partial charge in [-0.2, -0.15) is 15.0 Å². The molecule has 33 heavy (non-hydrogen) atoms. The van der Waals surface area contributed by atoms with E-state index >= 15 is 0 Å². The summed E-state index contributed by atoms with van der Waals surface area (Å²) in [4.78, 5) is 19.1. The number of fused-ring (bicyclic) bond motifs is 1. The van der Waals surface area contributed by atoms with E-state index in [9.17, 15) is 5.11 Å². The summed E-state index contributed by atoms with van der Waals surface area (Å²) in [6, 6.07) is 22.8. The molecule has 5 aromatic rings. The fourth-order valence-electron chi connectivity index (χ4n) is 3.21. The minimum Gasteiger partial charge on any atom is -0.507 e. The van der Waals surface area contributed by atoms with Gasteiger partial charge < -0.3 is 9.52 Å². The van der Waals surface area contributed by atoms with Gasteiger partial charge in [-0.1, -0.05) is 42.5 Å². The first-order chi connectivity index (χ1) is 16.2. The largest absolute Gasteiger partial charge is 0.507 e. The SMILES string of the molecule is CSc1ccc(/C=C/c2nc(Nc3nc4ccccc4o3)nc(-c3ccccc3O)n2)cc1. The molecule has 0 atom stereocenters. The molecule has 7 nitrogen and oxygen atoms in total. The molecule has 3 aromatic carbocycles. The number of phenolic OH excluding ortho intramolecular Hbond substituents is 1. The van der Waals surface area contributed by atoms with Crippen molar-refractivity contribution in [1.82, 2.24) is 19.9 Å². The van der Waals surface area contributed by atoms with E-state index in [1.54, 1.807) is 36.0 Å². The molecule has 5 rings (SSSR count). The van der Waals surface area contributed by atoms with E-state index in [2.05, 4.69) is 37.4 Å². The molecule has 2 aromatic heterocycles. The summed E-state index contributed by atoms with van der Waals surface area (Å²) in [5.74, 6) is 1.10. The van der Waals surface area contributed by atoms with E-state index in [0.717, 1.165) is 11.1 Å². The maximum absolute atomic E-state index is 10.3. The van der Waals surface area contributed by atoms with Gasteiger partial charge in [0.1, 0.15) is 11.3 Å².